The van der Waals surface area contributed by atoms with Crippen LogP contribution in [-0.2, 0) is 4.79 Å². The average Bonchev–Trinajstić information content (AvgIpc) is 3.30. The minimum absolute atomic E-state index is 0.0307. The topological polar surface area (TPSA) is 67.9 Å². The van der Waals surface area contributed by atoms with Gasteiger partial charge in [-0.2, -0.15) is 0 Å². The molecule has 7 heteroatoms. The number of ether oxygens (including phenoxy) is 2. The average molecular weight is 387 g/mol. The molecule has 6 nitrogen and oxygen atoms in total. The third-order valence-corrected chi connectivity index (χ3v) is 5.14. The summed E-state index contributed by atoms with van der Waals surface area (Å²) in [6.07, 6.45) is 1.31. The number of nitrogens with zero attached hydrogens (tertiary/aromatic N) is 1. The zero-order valence-electron chi connectivity index (χ0n) is 14.8. The van der Waals surface area contributed by atoms with E-state index in [2.05, 4.69) is 5.32 Å². The molecular weight excluding hydrogens is 368 g/mol. The van der Waals surface area contributed by atoms with E-state index in [0.717, 1.165) is 12.0 Å². The Morgan fingerprint density at radius 2 is 2.00 bits per heavy atom. The van der Waals surface area contributed by atoms with E-state index >= 15 is 0 Å². The fourth-order valence-corrected chi connectivity index (χ4v) is 3.53. The van der Waals surface area contributed by atoms with Gasteiger partial charge in [-0.25, -0.2) is 0 Å². The van der Waals surface area contributed by atoms with Gasteiger partial charge in [-0.1, -0.05) is 17.7 Å². The normalized spacial score (nSPS) is 16.5. The highest BCUT2D eigenvalue weighted by Crippen LogP contribution is 2.34. The smallest absolute Gasteiger partial charge is 0.251 e. The minimum atomic E-state index is -0.232. The molecule has 2 amide bonds. The van der Waals surface area contributed by atoms with Gasteiger partial charge in [-0.15, -0.1) is 0 Å². The summed E-state index contributed by atoms with van der Waals surface area (Å²) in [6, 6.07) is 10.4. The van der Waals surface area contributed by atoms with E-state index in [1.165, 1.54) is 0 Å². The Labute approximate surface area is 162 Å². The molecule has 4 rings (SSSR count). The zero-order valence-corrected chi connectivity index (χ0v) is 15.6. The Kier molecular flexibility index (Phi) is 4.66. The van der Waals surface area contributed by atoms with Crippen LogP contribution in [0, 0.1) is 0 Å². The van der Waals surface area contributed by atoms with Crippen LogP contribution >= 0.6 is 11.6 Å². The molecule has 0 aromatic heterocycles. The highest BCUT2D eigenvalue weighted by atomic mass is 35.5. The maximum Gasteiger partial charge on any atom is 0.251 e. The van der Waals surface area contributed by atoms with Crippen LogP contribution in [0.4, 0.5) is 5.69 Å². The third-order valence-electron chi connectivity index (χ3n) is 4.82. The molecular formula is C20H19ClN2O4. The summed E-state index contributed by atoms with van der Waals surface area (Å²) in [4.78, 5) is 26.4. The molecule has 2 aromatic carbocycles. The standard InChI is InChI=1S/C20H19ClN2O4/c1-12(13-5-7-17-18(10-13)27-11-26-17)22-20(25)14-4-6-15(21)16(9-14)23-8-2-3-19(23)24/h4-7,9-10,12H,2-3,8,11H2,1H3,(H,22,25). The van der Waals surface area contributed by atoms with Gasteiger partial charge in [-0.3, -0.25) is 9.59 Å². The quantitative estimate of drug-likeness (QED) is 0.870. The van der Waals surface area contributed by atoms with Crippen LogP contribution in [-0.4, -0.2) is 25.2 Å². The summed E-state index contributed by atoms with van der Waals surface area (Å²) in [7, 11) is 0. The molecule has 2 heterocycles. The first-order valence-corrected chi connectivity index (χ1v) is 9.21. The molecule has 0 saturated carbocycles. The summed E-state index contributed by atoms with van der Waals surface area (Å²) in [5.74, 6) is 1.18. The molecule has 2 aliphatic rings. The van der Waals surface area contributed by atoms with Gasteiger partial charge >= 0.3 is 0 Å². The summed E-state index contributed by atoms with van der Waals surface area (Å²) < 4.78 is 10.7. The molecule has 27 heavy (non-hydrogen) atoms. The Morgan fingerprint density at radius 1 is 1.19 bits per heavy atom. The van der Waals surface area contributed by atoms with Crippen molar-refractivity contribution in [1.82, 2.24) is 5.32 Å². The van der Waals surface area contributed by atoms with Crippen LogP contribution in [0.3, 0.4) is 0 Å². The summed E-state index contributed by atoms with van der Waals surface area (Å²) in [5.41, 5.74) is 1.96. The highest BCUT2D eigenvalue weighted by molar-refractivity contribution is 6.34. The number of rotatable bonds is 4. The van der Waals surface area contributed by atoms with E-state index in [-0.39, 0.29) is 24.6 Å². The maximum absolute atomic E-state index is 12.7. The number of fused-ring (bicyclic) bond motifs is 1. The number of amides is 2. The molecule has 140 valence electrons. The predicted molar refractivity (Wildman–Crippen MR) is 101 cm³/mol. The number of nitrogens with one attached hydrogen (secondary N) is 1. The Hall–Kier alpha value is -2.73. The third kappa shape index (κ3) is 3.45. The van der Waals surface area contributed by atoms with Crippen LogP contribution in [0.25, 0.3) is 0 Å². The van der Waals surface area contributed by atoms with Crippen molar-refractivity contribution in [2.24, 2.45) is 0 Å². The number of carbonyl (C=O) groups excluding carboxylic acids is 2. The lowest BCUT2D eigenvalue weighted by molar-refractivity contribution is -0.117. The second-order valence-electron chi connectivity index (χ2n) is 6.62. The molecule has 1 saturated heterocycles. The molecule has 2 aromatic rings. The number of benzene rings is 2. The van der Waals surface area contributed by atoms with Crippen molar-refractivity contribution in [2.45, 2.75) is 25.8 Å². The first-order valence-electron chi connectivity index (χ1n) is 8.83. The van der Waals surface area contributed by atoms with Crippen molar-refractivity contribution in [1.29, 1.82) is 0 Å². The number of hydrogen-bond acceptors (Lipinski definition) is 4. The molecule has 0 bridgehead atoms. The van der Waals surface area contributed by atoms with Gasteiger partial charge in [0.25, 0.3) is 5.91 Å². The monoisotopic (exact) mass is 386 g/mol. The number of halogens is 1. The van der Waals surface area contributed by atoms with Gasteiger partial charge in [0.2, 0.25) is 12.7 Å². The highest BCUT2D eigenvalue weighted by Gasteiger charge is 2.25. The molecule has 0 spiro atoms. The van der Waals surface area contributed by atoms with E-state index in [1.807, 2.05) is 25.1 Å². The second kappa shape index (κ2) is 7.12. The van der Waals surface area contributed by atoms with Gasteiger partial charge in [-0.05, 0) is 49.2 Å². The molecule has 0 radical (unpaired) electrons. The number of hydrogen-bond donors (Lipinski definition) is 1. The van der Waals surface area contributed by atoms with E-state index in [4.69, 9.17) is 21.1 Å². The largest absolute Gasteiger partial charge is 0.454 e. The Morgan fingerprint density at radius 3 is 2.78 bits per heavy atom. The lowest BCUT2D eigenvalue weighted by atomic mass is 10.1. The van der Waals surface area contributed by atoms with E-state index in [0.29, 0.717) is 40.7 Å². The molecule has 1 fully saturated rings. The van der Waals surface area contributed by atoms with Gasteiger partial charge in [0.1, 0.15) is 0 Å². The van der Waals surface area contributed by atoms with Crippen LogP contribution in [0.2, 0.25) is 5.02 Å². The molecule has 2 aliphatic heterocycles. The second-order valence-corrected chi connectivity index (χ2v) is 7.03. The molecule has 1 atom stereocenters. The minimum Gasteiger partial charge on any atom is -0.454 e. The zero-order chi connectivity index (χ0) is 19.0. The van der Waals surface area contributed by atoms with Crippen molar-refractivity contribution in [3.05, 3.63) is 52.5 Å². The van der Waals surface area contributed by atoms with Crippen molar-refractivity contribution in [3.8, 4) is 11.5 Å². The number of anilines is 1. The van der Waals surface area contributed by atoms with Crippen LogP contribution in [0.5, 0.6) is 11.5 Å². The lowest BCUT2D eigenvalue weighted by Gasteiger charge is -2.19. The first kappa shape index (κ1) is 17.7. The lowest BCUT2D eigenvalue weighted by Crippen LogP contribution is -2.28. The van der Waals surface area contributed by atoms with Crippen LogP contribution in [0.1, 0.15) is 41.7 Å². The predicted octanol–water partition coefficient (Wildman–Crippen LogP) is 3.69. The van der Waals surface area contributed by atoms with E-state index < -0.39 is 0 Å². The Bertz CT molecular complexity index is 915. The maximum atomic E-state index is 12.7. The van der Waals surface area contributed by atoms with Crippen molar-refractivity contribution < 1.29 is 19.1 Å². The number of carbonyl (C=O) groups is 2. The van der Waals surface area contributed by atoms with Gasteiger partial charge < -0.3 is 19.7 Å². The van der Waals surface area contributed by atoms with E-state index in [9.17, 15) is 9.59 Å². The van der Waals surface area contributed by atoms with Crippen LogP contribution in [0.15, 0.2) is 36.4 Å². The summed E-state index contributed by atoms with van der Waals surface area (Å²) in [5, 5.41) is 3.43. The van der Waals surface area contributed by atoms with Gasteiger partial charge in [0.05, 0.1) is 16.8 Å². The SMILES string of the molecule is CC(NC(=O)c1ccc(Cl)c(N2CCCC2=O)c1)c1ccc2c(c1)OCO2. The fourth-order valence-electron chi connectivity index (χ4n) is 3.31. The molecule has 1 N–H and O–H groups in total. The molecule has 1 unspecified atom stereocenters. The summed E-state index contributed by atoms with van der Waals surface area (Å²) >= 11 is 6.25. The molecule has 0 aliphatic carbocycles. The van der Waals surface area contributed by atoms with Gasteiger partial charge in [0, 0.05) is 18.5 Å². The Balaban J connectivity index is 1.52. The van der Waals surface area contributed by atoms with Crippen molar-refractivity contribution >= 4 is 29.1 Å². The van der Waals surface area contributed by atoms with Crippen molar-refractivity contribution in [2.75, 3.05) is 18.2 Å². The van der Waals surface area contributed by atoms with E-state index in [1.54, 1.807) is 23.1 Å². The first-order chi connectivity index (χ1) is 13.0. The van der Waals surface area contributed by atoms with Crippen LogP contribution < -0.4 is 19.7 Å². The fraction of sp³-hybridized carbons (Fsp3) is 0.300. The van der Waals surface area contributed by atoms with Gasteiger partial charge in [0.15, 0.2) is 11.5 Å². The summed E-state index contributed by atoms with van der Waals surface area (Å²) in [6.45, 7) is 2.73. The van der Waals surface area contributed by atoms with Crippen molar-refractivity contribution in [3.63, 3.8) is 0 Å².